The maximum atomic E-state index is 12.9. The van der Waals surface area contributed by atoms with Crippen LogP contribution < -0.4 is 9.47 Å². The van der Waals surface area contributed by atoms with Gasteiger partial charge in [0.1, 0.15) is 6.61 Å². The lowest BCUT2D eigenvalue weighted by Crippen LogP contribution is -2.33. The average molecular weight is 553 g/mol. The second-order valence-corrected chi connectivity index (χ2v) is 9.48. The van der Waals surface area contributed by atoms with Gasteiger partial charge in [-0.2, -0.15) is 0 Å². The molecule has 3 aromatic carbocycles. The van der Waals surface area contributed by atoms with Crippen molar-refractivity contribution in [2.75, 3.05) is 13.2 Å². The molecule has 0 bridgehead atoms. The Labute approximate surface area is 227 Å². The molecule has 0 aromatic heterocycles. The van der Waals surface area contributed by atoms with Gasteiger partial charge in [0.25, 0.3) is 16.8 Å². The van der Waals surface area contributed by atoms with Gasteiger partial charge in [-0.15, -0.1) is 0 Å². The number of halogens is 1. The lowest BCUT2D eigenvalue weighted by Gasteiger charge is -2.13. The van der Waals surface area contributed by atoms with Crippen LogP contribution in [-0.2, 0) is 11.4 Å². The number of carbonyl (C=O) groups excluding carboxylic acids is 3. The molecule has 11 heteroatoms. The highest BCUT2D eigenvalue weighted by Gasteiger charge is 2.36. The number of ketones is 1. The Morgan fingerprint density at radius 1 is 1.03 bits per heavy atom. The first-order chi connectivity index (χ1) is 18.2. The molecule has 1 heterocycles. The van der Waals surface area contributed by atoms with Crippen LogP contribution in [0.2, 0.25) is 5.02 Å². The third-order valence-electron chi connectivity index (χ3n) is 5.45. The summed E-state index contributed by atoms with van der Waals surface area (Å²) in [6, 6.07) is 17.4. The minimum Gasteiger partial charge on any atom is -0.490 e. The number of nitro groups is 1. The fourth-order valence-electron chi connectivity index (χ4n) is 3.54. The quantitative estimate of drug-likeness (QED) is 0.127. The van der Waals surface area contributed by atoms with Crippen molar-refractivity contribution in [1.82, 2.24) is 4.90 Å². The third kappa shape index (κ3) is 6.39. The molecule has 0 atom stereocenters. The van der Waals surface area contributed by atoms with Gasteiger partial charge in [0.15, 0.2) is 17.3 Å². The number of benzene rings is 3. The van der Waals surface area contributed by atoms with Crippen LogP contribution in [-0.4, -0.2) is 39.9 Å². The van der Waals surface area contributed by atoms with Crippen LogP contribution in [0.25, 0.3) is 6.08 Å². The normalized spacial score (nSPS) is 14.2. The zero-order valence-electron chi connectivity index (χ0n) is 20.1. The molecule has 0 radical (unpaired) electrons. The number of hydrogen-bond donors (Lipinski definition) is 0. The first-order valence-corrected chi connectivity index (χ1v) is 12.6. The second-order valence-electron chi connectivity index (χ2n) is 8.05. The van der Waals surface area contributed by atoms with Crippen LogP contribution in [0.15, 0.2) is 71.6 Å². The molecule has 194 valence electrons. The van der Waals surface area contributed by atoms with Gasteiger partial charge in [-0.05, 0) is 72.3 Å². The molecule has 3 aromatic rings. The van der Waals surface area contributed by atoms with E-state index in [1.807, 2.05) is 19.1 Å². The standard InChI is InChI=1S/C27H21ClN2O7S/c1-2-36-24-13-18(5-12-23(24)37-16-17-3-8-20(28)9-4-17)14-25-26(32)29(27(33)38-25)15-22(31)19-6-10-21(11-7-19)30(34)35/h3-14H,2,15-16H2,1H3/b25-14+. The van der Waals surface area contributed by atoms with Crippen LogP contribution in [0, 0.1) is 10.1 Å². The SMILES string of the molecule is CCOc1cc(/C=C2/SC(=O)N(CC(=O)c3ccc([N+](=O)[O-])cc3)C2=O)ccc1OCc1ccc(Cl)cc1. The van der Waals surface area contributed by atoms with E-state index in [-0.39, 0.29) is 16.2 Å². The summed E-state index contributed by atoms with van der Waals surface area (Å²) in [5.41, 5.74) is 1.54. The van der Waals surface area contributed by atoms with Crippen LogP contribution in [0.4, 0.5) is 10.5 Å². The number of amides is 2. The highest BCUT2D eigenvalue weighted by molar-refractivity contribution is 8.18. The van der Waals surface area contributed by atoms with Crippen LogP contribution >= 0.6 is 23.4 Å². The van der Waals surface area contributed by atoms with Crippen LogP contribution in [0.3, 0.4) is 0 Å². The van der Waals surface area contributed by atoms with Gasteiger partial charge < -0.3 is 9.47 Å². The zero-order chi connectivity index (χ0) is 27.2. The number of non-ortho nitro benzene ring substituents is 1. The largest absolute Gasteiger partial charge is 0.490 e. The molecule has 0 saturated carbocycles. The van der Waals surface area contributed by atoms with E-state index in [0.717, 1.165) is 22.2 Å². The number of imide groups is 1. The highest BCUT2D eigenvalue weighted by atomic mass is 35.5. The summed E-state index contributed by atoms with van der Waals surface area (Å²) in [6.07, 6.45) is 1.55. The van der Waals surface area contributed by atoms with E-state index >= 15 is 0 Å². The molecule has 1 fully saturated rings. The van der Waals surface area contributed by atoms with Gasteiger partial charge in [0.05, 0.1) is 23.0 Å². The van der Waals surface area contributed by atoms with Gasteiger partial charge >= 0.3 is 0 Å². The van der Waals surface area contributed by atoms with Crippen molar-refractivity contribution in [3.8, 4) is 11.5 Å². The summed E-state index contributed by atoms with van der Waals surface area (Å²) in [6.45, 7) is 2.06. The first kappa shape index (κ1) is 26.9. The smallest absolute Gasteiger partial charge is 0.293 e. The second kappa shape index (κ2) is 11.9. The molecule has 4 rings (SSSR count). The van der Waals surface area contributed by atoms with Crippen molar-refractivity contribution in [3.05, 3.63) is 103 Å². The van der Waals surface area contributed by atoms with Crippen molar-refractivity contribution < 1.29 is 28.8 Å². The summed E-state index contributed by atoms with van der Waals surface area (Å²) in [7, 11) is 0. The van der Waals surface area contributed by atoms with Crippen LogP contribution in [0.1, 0.15) is 28.4 Å². The topological polar surface area (TPSA) is 116 Å². The predicted molar refractivity (Wildman–Crippen MR) is 143 cm³/mol. The Hall–Kier alpha value is -4.15. The summed E-state index contributed by atoms with van der Waals surface area (Å²) in [5.74, 6) is -0.121. The number of thioether (sulfide) groups is 1. The number of Topliss-reactive ketones (excluding diaryl/α,β-unsaturated/α-hetero) is 1. The highest BCUT2D eigenvalue weighted by Crippen LogP contribution is 2.35. The van der Waals surface area contributed by atoms with Gasteiger partial charge in [-0.25, -0.2) is 0 Å². The molecule has 1 aliphatic rings. The molecule has 1 saturated heterocycles. The lowest BCUT2D eigenvalue weighted by molar-refractivity contribution is -0.384. The monoisotopic (exact) mass is 552 g/mol. The Bertz CT molecular complexity index is 1420. The predicted octanol–water partition coefficient (Wildman–Crippen LogP) is 6.15. The first-order valence-electron chi connectivity index (χ1n) is 11.4. The number of carbonyl (C=O) groups is 3. The van der Waals surface area contributed by atoms with Crippen molar-refractivity contribution in [2.24, 2.45) is 0 Å². The number of ether oxygens (including phenoxy) is 2. The lowest BCUT2D eigenvalue weighted by atomic mass is 10.1. The molecule has 0 unspecified atom stereocenters. The maximum Gasteiger partial charge on any atom is 0.293 e. The molecule has 0 aliphatic carbocycles. The van der Waals surface area contributed by atoms with Crippen molar-refractivity contribution in [3.63, 3.8) is 0 Å². The molecule has 0 spiro atoms. The van der Waals surface area contributed by atoms with E-state index in [1.165, 1.54) is 24.3 Å². The fourth-order valence-corrected chi connectivity index (χ4v) is 4.50. The molecule has 9 nitrogen and oxygen atoms in total. The number of nitrogens with zero attached hydrogens (tertiary/aromatic N) is 2. The molecule has 0 N–H and O–H groups in total. The Morgan fingerprint density at radius 2 is 1.74 bits per heavy atom. The van der Waals surface area contributed by atoms with E-state index in [4.69, 9.17) is 21.1 Å². The number of hydrogen-bond acceptors (Lipinski definition) is 8. The zero-order valence-corrected chi connectivity index (χ0v) is 21.7. The Kier molecular flexibility index (Phi) is 8.45. The molecular weight excluding hydrogens is 532 g/mol. The van der Waals surface area contributed by atoms with Gasteiger partial charge in [0.2, 0.25) is 0 Å². The van der Waals surface area contributed by atoms with Crippen molar-refractivity contribution in [1.29, 1.82) is 0 Å². The fraction of sp³-hybridized carbons (Fsp3) is 0.148. The van der Waals surface area contributed by atoms with Gasteiger partial charge in [0, 0.05) is 22.7 Å². The summed E-state index contributed by atoms with van der Waals surface area (Å²) in [5, 5.41) is 10.9. The summed E-state index contributed by atoms with van der Waals surface area (Å²) >= 11 is 6.65. The number of rotatable bonds is 10. The van der Waals surface area contributed by atoms with E-state index in [2.05, 4.69) is 0 Å². The number of nitro benzene ring substituents is 1. The van der Waals surface area contributed by atoms with E-state index in [1.54, 1.807) is 36.4 Å². The Balaban J connectivity index is 1.46. The van der Waals surface area contributed by atoms with E-state index < -0.39 is 28.4 Å². The molecule has 1 aliphatic heterocycles. The van der Waals surface area contributed by atoms with Gasteiger partial charge in [-0.1, -0.05) is 29.8 Å². The Morgan fingerprint density at radius 3 is 2.39 bits per heavy atom. The molecule has 38 heavy (non-hydrogen) atoms. The van der Waals surface area contributed by atoms with Gasteiger partial charge in [-0.3, -0.25) is 29.4 Å². The summed E-state index contributed by atoms with van der Waals surface area (Å²) < 4.78 is 11.6. The summed E-state index contributed by atoms with van der Waals surface area (Å²) in [4.78, 5) is 49.2. The van der Waals surface area contributed by atoms with Crippen molar-refractivity contribution >= 4 is 52.1 Å². The van der Waals surface area contributed by atoms with Crippen LogP contribution in [0.5, 0.6) is 11.5 Å². The van der Waals surface area contributed by atoms with E-state index in [0.29, 0.717) is 35.3 Å². The minimum atomic E-state index is -0.601. The van der Waals surface area contributed by atoms with Crippen molar-refractivity contribution in [2.45, 2.75) is 13.5 Å². The third-order valence-corrected chi connectivity index (χ3v) is 6.61. The minimum absolute atomic E-state index is 0.156. The average Bonchev–Trinajstić information content (AvgIpc) is 3.16. The van der Waals surface area contributed by atoms with E-state index in [9.17, 15) is 24.5 Å². The maximum absolute atomic E-state index is 12.9. The molecular formula is C27H21ClN2O7S. The molecule has 2 amide bonds.